The van der Waals surface area contributed by atoms with Gasteiger partial charge in [-0.05, 0) is 18.2 Å². The molecule has 0 saturated carbocycles. The van der Waals surface area contributed by atoms with Crippen molar-refractivity contribution in [2.75, 3.05) is 25.6 Å². The lowest BCUT2D eigenvalue weighted by atomic mass is 10.3. The largest absolute Gasteiger partial charge is 0.396 e. The SMILES string of the molecule is CN(C)C(=O)CS(=O)(=O)c1ccc(N)c(F)c1. The zero-order valence-corrected chi connectivity index (χ0v) is 10.3. The van der Waals surface area contributed by atoms with Crippen molar-refractivity contribution in [3.05, 3.63) is 24.0 Å². The van der Waals surface area contributed by atoms with E-state index in [1.807, 2.05) is 0 Å². The van der Waals surface area contributed by atoms with E-state index in [9.17, 15) is 17.6 Å². The Labute approximate surface area is 98.9 Å². The fraction of sp³-hybridized carbons (Fsp3) is 0.300. The quantitative estimate of drug-likeness (QED) is 0.791. The molecule has 94 valence electrons. The number of carbonyl (C=O) groups is 1. The van der Waals surface area contributed by atoms with Gasteiger partial charge in [0.15, 0.2) is 9.84 Å². The van der Waals surface area contributed by atoms with Crippen molar-refractivity contribution in [1.29, 1.82) is 0 Å². The van der Waals surface area contributed by atoms with Crippen LogP contribution in [0.15, 0.2) is 23.1 Å². The first-order valence-corrected chi connectivity index (χ1v) is 6.37. The molecular weight excluding hydrogens is 247 g/mol. The van der Waals surface area contributed by atoms with Crippen molar-refractivity contribution in [1.82, 2.24) is 4.90 Å². The molecule has 5 nitrogen and oxygen atoms in total. The summed E-state index contributed by atoms with van der Waals surface area (Å²) in [6.07, 6.45) is 0. The average Bonchev–Trinajstić information content (AvgIpc) is 2.21. The maximum absolute atomic E-state index is 13.1. The molecule has 1 aromatic rings. The molecule has 1 aromatic carbocycles. The fourth-order valence-corrected chi connectivity index (χ4v) is 2.38. The van der Waals surface area contributed by atoms with E-state index in [4.69, 9.17) is 5.73 Å². The molecule has 2 N–H and O–H groups in total. The highest BCUT2D eigenvalue weighted by molar-refractivity contribution is 7.92. The Morgan fingerprint density at radius 3 is 2.47 bits per heavy atom. The standard InChI is InChI=1S/C10H13FN2O3S/c1-13(2)10(14)6-17(15,16)7-3-4-9(12)8(11)5-7/h3-5H,6,12H2,1-2H3. The minimum atomic E-state index is -3.83. The molecule has 17 heavy (non-hydrogen) atoms. The molecule has 0 saturated heterocycles. The normalized spacial score (nSPS) is 11.2. The zero-order valence-electron chi connectivity index (χ0n) is 9.47. The van der Waals surface area contributed by atoms with Crippen LogP contribution in [0.1, 0.15) is 0 Å². The summed E-state index contributed by atoms with van der Waals surface area (Å²) in [6, 6.07) is 3.15. The van der Waals surface area contributed by atoms with Crippen LogP contribution < -0.4 is 5.73 Å². The summed E-state index contributed by atoms with van der Waals surface area (Å²) in [6.45, 7) is 0. The van der Waals surface area contributed by atoms with Crippen molar-refractivity contribution in [3.8, 4) is 0 Å². The van der Waals surface area contributed by atoms with E-state index in [-0.39, 0.29) is 10.6 Å². The van der Waals surface area contributed by atoms with Gasteiger partial charge in [0.1, 0.15) is 11.6 Å². The van der Waals surface area contributed by atoms with E-state index < -0.39 is 27.3 Å². The Hall–Kier alpha value is -1.63. The van der Waals surface area contributed by atoms with Gasteiger partial charge in [-0.3, -0.25) is 4.79 Å². The Bertz CT molecular complexity index is 540. The fourth-order valence-electron chi connectivity index (χ4n) is 1.08. The van der Waals surface area contributed by atoms with Crippen molar-refractivity contribution < 1.29 is 17.6 Å². The molecule has 0 aliphatic rings. The Morgan fingerprint density at radius 2 is 2.00 bits per heavy atom. The molecule has 0 atom stereocenters. The van der Waals surface area contributed by atoms with E-state index in [0.717, 1.165) is 17.0 Å². The van der Waals surface area contributed by atoms with Gasteiger partial charge in [0.05, 0.1) is 10.6 Å². The van der Waals surface area contributed by atoms with E-state index in [1.54, 1.807) is 0 Å². The molecule has 0 heterocycles. The third kappa shape index (κ3) is 3.16. The van der Waals surface area contributed by atoms with Gasteiger partial charge in [-0.1, -0.05) is 0 Å². The molecule has 0 unspecified atom stereocenters. The van der Waals surface area contributed by atoms with E-state index in [1.165, 1.54) is 20.2 Å². The molecule has 1 rings (SSSR count). The summed E-state index contributed by atoms with van der Waals surface area (Å²) >= 11 is 0. The van der Waals surface area contributed by atoms with Crippen LogP contribution in [0.5, 0.6) is 0 Å². The molecule has 0 fully saturated rings. The third-order valence-electron chi connectivity index (χ3n) is 2.14. The number of anilines is 1. The molecule has 0 aliphatic heterocycles. The summed E-state index contributed by atoms with van der Waals surface area (Å²) in [5.74, 6) is -2.07. The number of nitrogens with zero attached hydrogens (tertiary/aromatic N) is 1. The minimum absolute atomic E-state index is 0.136. The number of sulfone groups is 1. The van der Waals surface area contributed by atoms with Crippen LogP contribution in [0.4, 0.5) is 10.1 Å². The van der Waals surface area contributed by atoms with Crippen LogP contribution in [0.25, 0.3) is 0 Å². The smallest absolute Gasteiger partial charge is 0.237 e. The number of nitrogen functional groups attached to an aromatic ring is 1. The lowest BCUT2D eigenvalue weighted by Gasteiger charge is -2.10. The van der Waals surface area contributed by atoms with Crippen LogP contribution in [-0.4, -0.2) is 39.1 Å². The first-order chi connectivity index (χ1) is 7.74. The topological polar surface area (TPSA) is 80.5 Å². The number of carbonyl (C=O) groups excluding carboxylic acids is 1. The molecular formula is C10H13FN2O3S. The highest BCUT2D eigenvalue weighted by Gasteiger charge is 2.21. The first kappa shape index (κ1) is 13.4. The van der Waals surface area contributed by atoms with E-state index >= 15 is 0 Å². The van der Waals surface area contributed by atoms with Crippen LogP contribution in [0.2, 0.25) is 0 Å². The maximum Gasteiger partial charge on any atom is 0.237 e. The summed E-state index contributed by atoms with van der Waals surface area (Å²) in [5.41, 5.74) is 5.10. The molecule has 1 amide bonds. The van der Waals surface area contributed by atoms with Gasteiger partial charge in [-0.15, -0.1) is 0 Å². The van der Waals surface area contributed by atoms with E-state index in [2.05, 4.69) is 0 Å². The number of nitrogens with two attached hydrogens (primary N) is 1. The summed E-state index contributed by atoms with van der Waals surface area (Å²) < 4.78 is 36.6. The first-order valence-electron chi connectivity index (χ1n) is 4.72. The van der Waals surface area contributed by atoms with Gasteiger partial charge in [-0.25, -0.2) is 12.8 Å². The lowest BCUT2D eigenvalue weighted by molar-refractivity contribution is -0.125. The van der Waals surface area contributed by atoms with Gasteiger partial charge in [0, 0.05) is 14.1 Å². The van der Waals surface area contributed by atoms with Crippen molar-refractivity contribution in [2.24, 2.45) is 0 Å². The average molecular weight is 260 g/mol. The second kappa shape index (κ2) is 4.70. The summed E-state index contributed by atoms with van der Waals surface area (Å²) in [5, 5.41) is 0. The highest BCUT2D eigenvalue weighted by atomic mass is 32.2. The van der Waals surface area contributed by atoms with Crippen molar-refractivity contribution in [3.63, 3.8) is 0 Å². The predicted octanol–water partition coefficient (Wildman–Crippen LogP) is 0.270. The Balaban J connectivity index is 3.06. The molecule has 0 radical (unpaired) electrons. The zero-order chi connectivity index (χ0) is 13.2. The van der Waals surface area contributed by atoms with Crippen LogP contribution in [0.3, 0.4) is 0 Å². The summed E-state index contributed by atoms with van der Waals surface area (Å²) in [7, 11) is -0.939. The molecule has 0 aromatic heterocycles. The maximum atomic E-state index is 13.1. The second-order valence-electron chi connectivity index (χ2n) is 3.73. The minimum Gasteiger partial charge on any atom is -0.396 e. The third-order valence-corrected chi connectivity index (χ3v) is 3.74. The monoisotopic (exact) mass is 260 g/mol. The number of halogens is 1. The van der Waals surface area contributed by atoms with Crippen LogP contribution >= 0.6 is 0 Å². The lowest BCUT2D eigenvalue weighted by Crippen LogP contribution is -2.29. The molecule has 0 aliphatic carbocycles. The van der Waals surface area contributed by atoms with Gasteiger partial charge in [0.2, 0.25) is 5.91 Å². The number of benzene rings is 1. The Kier molecular flexibility index (Phi) is 3.72. The second-order valence-corrected chi connectivity index (χ2v) is 5.72. The predicted molar refractivity (Wildman–Crippen MR) is 61.6 cm³/mol. The number of rotatable bonds is 3. The number of hydrogen-bond acceptors (Lipinski definition) is 4. The Morgan fingerprint density at radius 1 is 1.41 bits per heavy atom. The molecule has 7 heteroatoms. The van der Waals surface area contributed by atoms with Gasteiger partial charge >= 0.3 is 0 Å². The number of hydrogen-bond donors (Lipinski definition) is 1. The van der Waals surface area contributed by atoms with Gasteiger partial charge < -0.3 is 10.6 Å². The van der Waals surface area contributed by atoms with Crippen molar-refractivity contribution in [2.45, 2.75) is 4.90 Å². The van der Waals surface area contributed by atoms with Crippen molar-refractivity contribution >= 4 is 21.4 Å². The molecule has 0 bridgehead atoms. The highest BCUT2D eigenvalue weighted by Crippen LogP contribution is 2.17. The summed E-state index contributed by atoms with van der Waals surface area (Å²) in [4.78, 5) is 12.2. The van der Waals surface area contributed by atoms with E-state index in [0.29, 0.717) is 0 Å². The van der Waals surface area contributed by atoms with Crippen LogP contribution in [-0.2, 0) is 14.6 Å². The van der Waals surface area contributed by atoms with Crippen LogP contribution in [0, 0.1) is 5.82 Å². The number of amides is 1. The van der Waals surface area contributed by atoms with Gasteiger partial charge in [0.25, 0.3) is 0 Å². The molecule has 0 spiro atoms. The van der Waals surface area contributed by atoms with Gasteiger partial charge in [-0.2, -0.15) is 0 Å².